The molecule has 21 heavy (non-hydrogen) atoms. The minimum Gasteiger partial charge on any atom is -0.497 e. The van der Waals surface area contributed by atoms with Crippen molar-refractivity contribution >= 4 is 5.91 Å². The zero-order valence-corrected chi connectivity index (χ0v) is 12.8. The quantitative estimate of drug-likeness (QED) is 0.875. The van der Waals surface area contributed by atoms with Crippen LogP contribution in [-0.4, -0.2) is 30.5 Å². The highest BCUT2D eigenvalue weighted by atomic mass is 16.5. The molecule has 0 spiro atoms. The number of hydrogen-bond acceptors (Lipinski definition) is 3. The van der Waals surface area contributed by atoms with Gasteiger partial charge < -0.3 is 9.64 Å². The van der Waals surface area contributed by atoms with Crippen LogP contribution in [0.3, 0.4) is 0 Å². The van der Waals surface area contributed by atoms with Gasteiger partial charge in [0.2, 0.25) is 5.91 Å². The first-order valence-electron chi connectivity index (χ1n) is 7.93. The number of amides is 1. The Hall–Kier alpha value is -1.55. The summed E-state index contributed by atoms with van der Waals surface area (Å²) < 4.78 is 5.21. The summed E-state index contributed by atoms with van der Waals surface area (Å²) in [7, 11) is 1.67. The Bertz CT molecular complexity index is 496. The number of carbonyl (C=O) groups is 1. The molecule has 1 amide bonds. The van der Waals surface area contributed by atoms with Crippen LogP contribution < -0.4 is 10.1 Å². The zero-order chi connectivity index (χ0) is 14.8. The van der Waals surface area contributed by atoms with Gasteiger partial charge in [0.25, 0.3) is 0 Å². The van der Waals surface area contributed by atoms with E-state index in [0.29, 0.717) is 0 Å². The predicted molar refractivity (Wildman–Crippen MR) is 82.0 cm³/mol. The van der Waals surface area contributed by atoms with Crippen molar-refractivity contribution in [2.75, 3.05) is 13.7 Å². The molecule has 1 saturated heterocycles. The maximum Gasteiger partial charge on any atom is 0.241 e. The molecule has 0 radical (unpaired) electrons. The van der Waals surface area contributed by atoms with Crippen LogP contribution in [0, 0.1) is 5.92 Å². The summed E-state index contributed by atoms with van der Waals surface area (Å²) in [6, 6.07) is 7.97. The highest BCUT2D eigenvalue weighted by Crippen LogP contribution is 2.35. The Balaban J connectivity index is 1.76. The molecule has 1 saturated carbocycles. The second-order valence-electron chi connectivity index (χ2n) is 6.07. The third kappa shape index (κ3) is 3.05. The molecule has 1 aromatic rings. The summed E-state index contributed by atoms with van der Waals surface area (Å²) in [5.74, 6) is 1.94. The van der Waals surface area contributed by atoms with Crippen molar-refractivity contribution in [2.45, 2.75) is 44.8 Å². The van der Waals surface area contributed by atoms with Crippen LogP contribution in [-0.2, 0) is 4.79 Å². The second kappa shape index (κ2) is 6.06. The molecule has 1 aliphatic carbocycles. The molecule has 2 atom stereocenters. The van der Waals surface area contributed by atoms with E-state index < -0.39 is 0 Å². The van der Waals surface area contributed by atoms with Gasteiger partial charge >= 0.3 is 0 Å². The highest BCUT2D eigenvalue weighted by molar-refractivity contribution is 5.84. The molecule has 0 aromatic heterocycles. The number of nitrogens with one attached hydrogen (secondary N) is 1. The molecule has 3 rings (SSSR count). The van der Waals surface area contributed by atoms with Crippen molar-refractivity contribution in [3.8, 4) is 5.75 Å². The van der Waals surface area contributed by atoms with Gasteiger partial charge in [-0.1, -0.05) is 31.9 Å². The van der Waals surface area contributed by atoms with E-state index in [1.807, 2.05) is 29.2 Å². The standard InChI is InChI=1S/C17H24N2O2/c1-3-15-17(20)19(11-10-12-4-5-12)16(18-15)13-6-8-14(21-2)9-7-13/h6-9,12,15-16,18H,3-5,10-11H2,1-2H3. The number of benzene rings is 1. The predicted octanol–water partition coefficient (Wildman–Crippen LogP) is 2.70. The van der Waals surface area contributed by atoms with Gasteiger partial charge in [-0.2, -0.15) is 0 Å². The van der Waals surface area contributed by atoms with Crippen LogP contribution in [0.25, 0.3) is 0 Å². The summed E-state index contributed by atoms with van der Waals surface area (Å²) >= 11 is 0. The van der Waals surface area contributed by atoms with Crippen molar-refractivity contribution in [2.24, 2.45) is 5.92 Å². The van der Waals surface area contributed by atoms with Crippen LogP contribution in [0.15, 0.2) is 24.3 Å². The van der Waals surface area contributed by atoms with Gasteiger partial charge in [0, 0.05) is 6.54 Å². The number of ether oxygens (including phenoxy) is 1. The number of rotatable bonds is 6. The van der Waals surface area contributed by atoms with E-state index in [2.05, 4.69) is 12.2 Å². The molecule has 1 N–H and O–H groups in total. The number of nitrogens with zero attached hydrogens (tertiary/aromatic N) is 1. The van der Waals surface area contributed by atoms with Crippen molar-refractivity contribution in [1.29, 1.82) is 0 Å². The minimum atomic E-state index is -0.0451. The van der Waals surface area contributed by atoms with Crippen LogP contribution in [0.4, 0.5) is 0 Å². The summed E-state index contributed by atoms with van der Waals surface area (Å²) in [6.45, 7) is 2.93. The van der Waals surface area contributed by atoms with Gasteiger partial charge in [-0.15, -0.1) is 0 Å². The lowest BCUT2D eigenvalue weighted by Gasteiger charge is -2.24. The Labute approximate surface area is 126 Å². The zero-order valence-electron chi connectivity index (χ0n) is 12.8. The molecular formula is C17H24N2O2. The van der Waals surface area contributed by atoms with Gasteiger partial charge in [0.05, 0.1) is 13.2 Å². The lowest BCUT2D eigenvalue weighted by Crippen LogP contribution is -2.32. The molecule has 1 aromatic carbocycles. The first-order valence-corrected chi connectivity index (χ1v) is 7.93. The fourth-order valence-corrected chi connectivity index (χ4v) is 3.00. The Morgan fingerprint density at radius 2 is 2.00 bits per heavy atom. The third-order valence-electron chi connectivity index (χ3n) is 4.57. The first-order chi connectivity index (χ1) is 10.2. The highest BCUT2D eigenvalue weighted by Gasteiger charge is 2.39. The number of carbonyl (C=O) groups excluding carboxylic acids is 1. The first kappa shape index (κ1) is 14.4. The van der Waals surface area contributed by atoms with Crippen molar-refractivity contribution in [1.82, 2.24) is 10.2 Å². The topological polar surface area (TPSA) is 41.6 Å². The molecule has 2 unspecified atom stereocenters. The molecule has 4 nitrogen and oxygen atoms in total. The molecule has 4 heteroatoms. The van der Waals surface area contributed by atoms with Gasteiger partial charge in [-0.3, -0.25) is 10.1 Å². The summed E-state index contributed by atoms with van der Waals surface area (Å²) in [5, 5.41) is 3.47. The number of hydrogen-bond donors (Lipinski definition) is 1. The van der Waals surface area contributed by atoms with Crippen LogP contribution in [0.1, 0.15) is 44.3 Å². The average Bonchev–Trinajstić information content (AvgIpc) is 3.29. The van der Waals surface area contributed by atoms with Gasteiger partial charge in [-0.05, 0) is 36.5 Å². The smallest absolute Gasteiger partial charge is 0.241 e. The summed E-state index contributed by atoms with van der Waals surface area (Å²) in [5.41, 5.74) is 1.14. The maximum atomic E-state index is 12.5. The van der Waals surface area contributed by atoms with E-state index >= 15 is 0 Å². The average molecular weight is 288 g/mol. The van der Waals surface area contributed by atoms with Gasteiger partial charge in [-0.25, -0.2) is 0 Å². The second-order valence-corrected chi connectivity index (χ2v) is 6.07. The Morgan fingerprint density at radius 1 is 1.29 bits per heavy atom. The Kier molecular flexibility index (Phi) is 4.15. The van der Waals surface area contributed by atoms with Gasteiger partial charge in [0.1, 0.15) is 11.9 Å². The summed E-state index contributed by atoms with van der Waals surface area (Å²) in [4.78, 5) is 14.5. The Morgan fingerprint density at radius 3 is 2.57 bits per heavy atom. The SMILES string of the molecule is CCC1NC(c2ccc(OC)cc2)N(CCC2CC2)C1=O. The lowest BCUT2D eigenvalue weighted by molar-refractivity contribution is -0.130. The molecule has 2 aliphatic rings. The van der Waals surface area contributed by atoms with Crippen LogP contribution in [0.2, 0.25) is 0 Å². The summed E-state index contributed by atoms with van der Waals surface area (Å²) in [6.07, 6.45) is 4.65. The van der Waals surface area contributed by atoms with Crippen molar-refractivity contribution in [3.63, 3.8) is 0 Å². The normalized spacial score (nSPS) is 25.4. The monoisotopic (exact) mass is 288 g/mol. The van der Waals surface area contributed by atoms with Crippen LogP contribution >= 0.6 is 0 Å². The maximum absolute atomic E-state index is 12.5. The minimum absolute atomic E-state index is 0.00658. The van der Waals surface area contributed by atoms with Crippen LogP contribution in [0.5, 0.6) is 5.75 Å². The fraction of sp³-hybridized carbons (Fsp3) is 0.588. The fourth-order valence-electron chi connectivity index (χ4n) is 3.00. The molecular weight excluding hydrogens is 264 g/mol. The number of methoxy groups -OCH3 is 1. The largest absolute Gasteiger partial charge is 0.497 e. The van der Waals surface area contributed by atoms with E-state index in [1.54, 1.807) is 7.11 Å². The van der Waals surface area contributed by atoms with E-state index in [4.69, 9.17) is 4.74 Å². The third-order valence-corrected chi connectivity index (χ3v) is 4.57. The molecule has 1 aliphatic heterocycles. The molecule has 2 fully saturated rings. The van der Waals surface area contributed by atoms with E-state index in [-0.39, 0.29) is 18.1 Å². The van der Waals surface area contributed by atoms with E-state index in [1.165, 1.54) is 12.8 Å². The lowest BCUT2D eigenvalue weighted by atomic mass is 10.1. The van der Waals surface area contributed by atoms with Crippen molar-refractivity contribution in [3.05, 3.63) is 29.8 Å². The van der Waals surface area contributed by atoms with E-state index in [9.17, 15) is 4.79 Å². The van der Waals surface area contributed by atoms with Crippen molar-refractivity contribution < 1.29 is 9.53 Å². The molecule has 114 valence electrons. The van der Waals surface area contributed by atoms with Gasteiger partial charge in [0.15, 0.2) is 0 Å². The molecule has 0 bridgehead atoms. The molecule has 1 heterocycles. The van der Waals surface area contributed by atoms with E-state index in [0.717, 1.165) is 36.6 Å².